The minimum absolute atomic E-state index is 0.0401. The van der Waals surface area contributed by atoms with Crippen molar-refractivity contribution in [3.63, 3.8) is 0 Å². The summed E-state index contributed by atoms with van der Waals surface area (Å²) in [4.78, 5) is 14.3. The fraction of sp³-hybridized carbons (Fsp3) is 0.611. The van der Waals surface area contributed by atoms with Gasteiger partial charge in [-0.25, -0.2) is 0 Å². The molecule has 140 valence electrons. The normalized spacial score (nSPS) is 23.7. The number of hydrogen-bond acceptors (Lipinski definition) is 4. The first-order valence-electron chi connectivity index (χ1n) is 8.44. The molecule has 1 aliphatic heterocycles. The van der Waals surface area contributed by atoms with E-state index in [1.165, 1.54) is 0 Å². The van der Waals surface area contributed by atoms with Gasteiger partial charge in [0.05, 0.1) is 22.6 Å². The third-order valence-electron chi connectivity index (χ3n) is 4.47. The molecule has 0 saturated carbocycles. The van der Waals surface area contributed by atoms with Gasteiger partial charge in [0.2, 0.25) is 5.91 Å². The van der Waals surface area contributed by atoms with Gasteiger partial charge in [0.1, 0.15) is 0 Å². The Morgan fingerprint density at radius 3 is 2.72 bits per heavy atom. The Kier molecular flexibility index (Phi) is 7.97. The van der Waals surface area contributed by atoms with Gasteiger partial charge in [0.25, 0.3) is 0 Å². The van der Waals surface area contributed by atoms with E-state index in [1.807, 2.05) is 6.07 Å². The van der Waals surface area contributed by atoms with E-state index in [0.29, 0.717) is 22.6 Å². The summed E-state index contributed by atoms with van der Waals surface area (Å²) in [6.07, 6.45) is 2.74. The standard InChI is InChI=1S/C18H26Cl2N2O3/c1-22(2)13-10-14(25-18(11-13)24-3)6-7-21-17(23)9-12-4-5-15(19)16(20)8-12/h4-5,8,13-14,18H,6-7,9-11H2,1-3H3,(H,21,23)/t13-,14+,18-/m0/s1. The molecule has 7 heteroatoms. The maximum Gasteiger partial charge on any atom is 0.224 e. The molecule has 1 heterocycles. The van der Waals surface area contributed by atoms with E-state index in [1.54, 1.807) is 19.2 Å². The van der Waals surface area contributed by atoms with Gasteiger partial charge in [-0.1, -0.05) is 29.3 Å². The van der Waals surface area contributed by atoms with Gasteiger partial charge in [0.15, 0.2) is 6.29 Å². The molecule has 0 radical (unpaired) electrons. The molecule has 3 atom stereocenters. The second-order valence-corrected chi connectivity index (χ2v) is 7.39. The number of amides is 1. The van der Waals surface area contributed by atoms with Crippen molar-refractivity contribution in [2.45, 2.75) is 44.1 Å². The highest BCUT2D eigenvalue weighted by molar-refractivity contribution is 6.42. The summed E-state index contributed by atoms with van der Waals surface area (Å²) in [6, 6.07) is 5.66. The SMILES string of the molecule is CO[C@@H]1C[C@@H](N(C)C)C[C@@H](CCNC(=O)Cc2ccc(Cl)c(Cl)c2)O1. The van der Waals surface area contributed by atoms with E-state index < -0.39 is 0 Å². The Bertz CT molecular complexity index is 583. The molecule has 25 heavy (non-hydrogen) atoms. The molecule has 0 spiro atoms. The van der Waals surface area contributed by atoms with Crippen LogP contribution in [0.2, 0.25) is 10.0 Å². The van der Waals surface area contributed by atoms with Crippen molar-refractivity contribution in [3.8, 4) is 0 Å². The van der Waals surface area contributed by atoms with Crippen LogP contribution >= 0.6 is 23.2 Å². The molecule has 0 aliphatic carbocycles. The number of ether oxygens (including phenoxy) is 2. The van der Waals surface area contributed by atoms with Gasteiger partial charge in [-0.3, -0.25) is 4.79 Å². The lowest BCUT2D eigenvalue weighted by Gasteiger charge is -2.37. The van der Waals surface area contributed by atoms with Crippen LogP contribution in [0, 0.1) is 0 Å². The Morgan fingerprint density at radius 2 is 2.08 bits per heavy atom. The van der Waals surface area contributed by atoms with Crippen LogP contribution in [-0.2, 0) is 20.7 Å². The molecular formula is C18H26Cl2N2O3. The van der Waals surface area contributed by atoms with Crippen molar-refractivity contribution in [1.29, 1.82) is 0 Å². The van der Waals surface area contributed by atoms with E-state index in [9.17, 15) is 4.79 Å². The Morgan fingerprint density at radius 1 is 1.32 bits per heavy atom. The van der Waals surface area contributed by atoms with Crippen molar-refractivity contribution in [3.05, 3.63) is 33.8 Å². The van der Waals surface area contributed by atoms with Crippen LogP contribution in [0.15, 0.2) is 18.2 Å². The summed E-state index contributed by atoms with van der Waals surface area (Å²) in [5.74, 6) is -0.0401. The molecule has 0 bridgehead atoms. The van der Waals surface area contributed by atoms with Crippen LogP contribution in [0.4, 0.5) is 0 Å². The first kappa shape index (κ1) is 20.5. The molecule has 0 aromatic heterocycles. The van der Waals surface area contributed by atoms with Gasteiger partial charge >= 0.3 is 0 Å². The summed E-state index contributed by atoms with van der Waals surface area (Å²) >= 11 is 11.9. The fourth-order valence-electron chi connectivity index (χ4n) is 2.98. The zero-order chi connectivity index (χ0) is 18.4. The van der Waals surface area contributed by atoms with Crippen LogP contribution in [0.25, 0.3) is 0 Å². The molecule has 1 N–H and O–H groups in total. The molecular weight excluding hydrogens is 363 g/mol. The molecule has 1 saturated heterocycles. The number of carbonyl (C=O) groups is 1. The predicted octanol–water partition coefficient (Wildman–Crippen LogP) is 3.12. The summed E-state index contributed by atoms with van der Waals surface area (Å²) in [7, 11) is 5.80. The van der Waals surface area contributed by atoms with E-state index in [4.69, 9.17) is 32.7 Å². The van der Waals surface area contributed by atoms with Crippen LogP contribution in [0.1, 0.15) is 24.8 Å². The number of hydrogen-bond donors (Lipinski definition) is 1. The quantitative estimate of drug-likeness (QED) is 0.779. The predicted molar refractivity (Wildman–Crippen MR) is 100 cm³/mol. The smallest absolute Gasteiger partial charge is 0.224 e. The summed E-state index contributed by atoms with van der Waals surface area (Å²) in [5, 5.41) is 3.89. The minimum Gasteiger partial charge on any atom is -0.356 e. The first-order chi connectivity index (χ1) is 11.9. The summed E-state index contributed by atoms with van der Waals surface area (Å²) in [5.41, 5.74) is 0.841. The molecule has 2 rings (SSSR count). The van der Waals surface area contributed by atoms with Crippen molar-refractivity contribution in [2.24, 2.45) is 0 Å². The highest BCUT2D eigenvalue weighted by Gasteiger charge is 2.30. The Labute approximate surface area is 159 Å². The van der Waals surface area contributed by atoms with Gasteiger partial charge in [0, 0.05) is 26.1 Å². The lowest BCUT2D eigenvalue weighted by atomic mass is 9.99. The molecule has 0 unspecified atom stereocenters. The number of rotatable bonds is 7. The largest absolute Gasteiger partial charge is 0.356 e. The minimum atomic E-state index is -0.182. The first-order valence-corrected chi connectivity index (χ1v) is 9.20. The summed E-state index contributed by atoms with van der Waals surface area (Å²) in [6.45, 7) is 0.571. The van der Waals surface area contributed by atoms with E-state index in [0.717, 1.165) is 24.8 Å². The monoisotopic (exact) mass is 388 g/mol. The maximum absolute atomic E-state index is 12.1. The molecule has 1 aromatic carbocycles. The van der Waals surface area contributed by atoms with E-state index >= 15 is 0 Å². The molecule has 5 nitrogen and oxygen atoms in total. The van der Waals surface area contributed by atoms with Crippen molar-refractivity contribution >= 4 is 29.1 Å². The second kappa shape index (κ2) is 9.74. The number of nitrogens with one attached hydrogen (secondary N) is 1. The van der Waals surface area contributed by atoms with E-state index in [2.05, 4.69) is 24.3 Å². The van der Waals surface area contributed by atoms with Crippen molar-refractivity contribution < 1.29 is 14.3 Å². The lowest BCUT2D eigenvalue weighted by molar-refractivity contribution is -0.194. The van der Waals surface area contributed by atoms with Crippen molar-refractivity contribution in [2.75, 3.05) is 27.7 Å². The third kappa shape index (κ3) is 6.42. The van der Waals surface area contributed by atoms with Crippen molar-refractivity contribution in [1.82, 2.24) is 10.2 Å². The number of nitrogens with zero attached hydrogens (tertiary/aromatic N) is 1. The second-order valence-electron chi connectivity index (χ2n) is 6.58. The van der Waals surface area contributed by atoms with Crippen LogP contribution in [0.5, 0.6) is 0 Å². The zero-order valence-electron chi connectivity index (χ0n) is 14.9. The number of halogens is 2. The maximum atomic E-state index is 12.1. The van der Waals surface area contributed by atoms with Gasteiger partial charge in [-0.2, -0.15) is 0 Å². The average molecular weight is 389 g/mol. The van der Waals surface area contributed by atoms with Gasteiger partial charge in [-0.05, 0) is 44.6 Å². The lowest BCUT2D eigenvalue weighted by Crippen LogP contribution is -2.44. The van der Waals surface area contributed by atoms with Crippen LogP contribution in [-0.4, -0.2) is 57.0 Å². The van der Waals surface area contributed by atoms with E-state index in [-0.39, 0.29) is 24.7 Å². The Hall–Kier alpha value is -0.850. The highest BCUT2D eigenvalue weighted by atomic mass is 35.5. The zero-order valence-corrected chi connectivity index (χ0v) is 16.4. The topological polar surface area (TPSA) is 50.8 Å². The van der Waals surface area contributed by atoms with Crippen LogP contribution in [0.3, 0.4) is 0 Å². The number of benzene rings is 1. The number of methoxy groups -OCH3 is 1. The average Bonchev–Trinajstić information content (AvgIpc) is 2.57. The van der Waals surface area contributed by atoms with Crippen LogP contribution < -0.4 is 5.32 Å². The molecule has 1 fully saturated rings. The fourth-order valence-corrected chi connectivity index (χ4v) is 3.30. The number of carbonyl (C=O) groups excluding carboxylic acids is 1. The molecule has 1 amide bonds. The molecule has 1 aliphatic rings. The molecule has 1 aromatic rings. The van der Waals surface area contributed by atoms with Gasteiger partial charge < -0.3 is 19.7 Å². The Balaban J connectivity index is 1.77. The highest BCUT2D eigenvalue weighted by Crippen LogP contribution is 2.25. The third-order valence-corrected chi connectivity index (χ3v) is 5.21. The van der Waals surface area contributed by atoms with Gasteiger partial charge in [-0.15, -0.1) is 0 Å². The summed E-state index contributed by atoms with van der Waals surface area (Å²) < 4.78 is 11.3.